The highest BCUT2D eigenvalue weighted by Crippen LogP contribution is 2.02. The Hall–Kier alpha value is -0.820. The van der Waals surface area contributed by atoms with Crippen molar-refractivity contribution in [1.29, 1.82) is 0 Å². The lowest BCUT2D eigenvalue weighted by atomic mass is 10.2. The minimum absolute atomic E-state index is 0.332. The quantitative estimate of drug-likeness (QED) is 0.340. The Labute approximate surface area is 120 Å². The van der Waals surface area contributed by atoms with E-state index in [-0.39, 0.29) is 0 Å². The molecule has 0 saturated heterocycles. The molecule has 0 spiro atoms. The van der Waals surface area contributed by atoms with E-state index in [0.29, 0.717) is 6.61 Å². The van der Waals surface area contributed by atoms with E-state index in [1.807, 2.05) is 0 Å². The van der Waals surface area contributed by atoms with Crippen molar-refractivity contribution >= 4 is 0 Å². The van der Waals surface area contributed by atoms with Crippen molar-refractivity contribution < 1.29 is 5.11 Å². The molecule has 0 aromatic rings. The van der Waals surface area contributed by atoms with Gasteiger partial charge in [-0.2, -0.15) is 0 Å². The summed E-state index contributed by atoms with van der Waals surface area (Å²) in [6.07, 6.45) is 25.3. The molecule has 1 N–H and O–H groups in total. The van der Waals surface area contributed by atoms with Crippen molar-refractivity contribution in [2.45, 2.75) is 71.1 Å². The molecule has 0 amide bonds. The molecule has 0 aliphatic heterocycles. The molecule has 0 heterocycles. The average Bonchev–Trinajstić information content (AvgIpc) is 2.43. The van der Waals surface area contributed by atoms with Crippen molar-refractivity contribution in [3.63, 3.8) is 0 Å². The van der Waals surface area contributed by atoms with Crippen LogP contribution in [0.3, 0.4) is 0 Å². The standard InChI is InChI=1S/C18H32O/c1-2-3-4-5-6-7-8-9-10-11-12-13-14-15-16-17-18-19/h6-7,9-10,12-13,19H,2-5,8,11,14-18H2,1H3/b7-6+,10-9-,13-12+. The highest BCUT2D eigenvalue weighted by atomic mass is 16.2. The molecule has 110 valence electrons. The second-order valence-corrected chi connectivity index (χ2v) is 4.95. The van der Waals surface area contributed by atoms with Gasteiger partial charge in [-0.25, -0.2) is 0 Å². The zero-order valence-electron chi connectivity index (χ0n) is 12.7. The maximum atomic E-state index is 8.64. The van der Waals surface area contributed by atoms with Crippen LogP contribution in [0.15, 0.2) is 36.5 Å². The Morgan fingerprint density at radius 2 is 1.16 bits per heavy atom. The van der Waals surface area contributed by atoms with Gasteiger partial charge in [0.25, 0.3) is 0 Å². The first kappa shape index (κ1) is 18.2. The molecule has 0 aliphatic rings. The third-order valence-corrected chi connectivity index (χ3v) is 3.05. The zero-order valence-corrected chi connectivity index (χ0v) is 12.7. The van der Waals surface area contributed by atoms with Crippen LogP contribution in [-0.2, 0) is 0 Å². The molecular weight excluding hydrogens is 232 g/mol. The Morgan fingerprint density at radius 1 is 0.632 bits per heavy atom. The number of allylic oxidation sites excluding steroid dienone is 6. The fourth-order valence-corrected chi connectivity index (χ4v) is 1.84. The number of hydrogen-bond donors (Lipinski definition) is 1. The summed E-state index contributed by atoms with van der Waals surface area (Å²) in [5, 5.41) is 8.64. The van der Waals surface area contributed by atoms with Gasteiger partial charge in [0.15, 0.2) is 0 Å². The van der Waals surface area contributed by atoms with Crippen LogP contribution in [0.4, 0.5) is 0 Å². The maximum absolute atomic E-state index is 8.64. The fraction of sp³-hybridized carbons (Fsp3) is 0.667. The second kappa shape index (κ2) is 17.2. The van der Waals surface area contributed by atoms with E-state index in [1.165, 1.54) is 32.1 Å². The highest BCUT2D eigenvalue weighted by molar-refractivity contribution is 4.97. The Bertz CT molecular complexity index is 238. The molecule has 0 fully saturated rings. The molecule has 0 radical (unpaired) electrons. The number of aliphatic hydroxyl groups is 1. The van der Waals surface area contributed by atoms with Gasteiger partial charge in [-0.05, 0) is 44.9 Å². The first-order chi connectivity index (χ1) is 9.41. The molecule has 0 atom stereocenters. The maximum Gasteiger partial charge on any atom is 0.0431 e. The van der Waals surface area contributed by atoms with Gasteiger partial charge in [0, 0.05) is 6.61 Å². The summed E-state index contributed by atoms with van der Waals surface area (Å²) in [5.74, 6) is 0. The molecule has 0 aromatic heterocycles. The van der Waals surface area contributed by atoms with Crippen LogP contribution >= 0.6 is 0 Å². The van der Waals surface area contributed by atoms with E-state index in [4.69, 9.17) is 5.11 Å². The van der Waals surface area contributed by atoms with Crippen LogP contribution in [0.1, 0.15) is 71.1 Å². The molecular formula is C18H32O. The number of hydrogen-bond acceptors (Lipinski definition) is 1. The summed E-state index contributed by atoms with van der Waals surface area (Å²) in [6, 6.07) is 0. The number of aliphatic hydroxyl groups excluding tert-OH is 1. The molecule has 0 saturated carbocycles. The van der Waals surface area contributed by atoms with Gasteiger partial charge in [-0.3, -0.25) is 0 Å². The van der Waals surface area contributed by atoms with Crippen molar-refractivity contribution in [1.82, 2.24) is 0 Å². The predicted octanol–water partition coefficient (Wildman–Crippen LogP) is 5.57. The topological polar surface area (TPSA) is 20.2 Å². The lowest BCUT2D eigenvalue weighted by Crippen LogP contribution is -1.81. The lowest BCUT2D eigenvalue weighted by molar-refractivity contribution is 0.283. The largest absolute Gasteiger partial charge is 0.396 e. The van der Waals surface area contributed by atoms with Crippen molar-refractivity contribution in [2.75, 3.05) is 6.61 Å². The molecule has 0 aromatic carbocycles. The Morgan fingerprint density at radius 3 is 1.68 bits per heavy atom. The Balaban J connectivity index is 3.26. The lowest BCUT2D eigenvalue weighted by Gasteiger charge is -1.93. The summed E-state index contributed by atoms with van der Waals surface area (Å²) < 4.78 is 0. The molecule has 1 heteroatoms. The SMILES string of the molecule is CCCCC/C=C/C/C=C\C/C=C/CCCCCO. The average molecular weight is 264 g/mol. The molecule has 0 aliphatic carbocycles. The summed E-state index contributed by atoms with van der Waals surface area (Å²) in [7, 11) is 0. The van der Waals surface area contributed by atoms with E-state index in [9.17, 15) is 0 Å². The summed E-state index contributed by atoms with van der Waals surface area (Å²) in [5.41, 5.74) is 0. The first-order valence-electron chi connectivity index (χ1n) is 7.97. The Kier molecular flexibility index (Phi) is 16.4. The van der Waals surface area contributed by atoms with Gasteiger partial charge in [0.1, 0.15) is 0 Å². The molecule has 19 heavy (non-hydrogen) atoms. The van der Waals surface area contributed by atoms with Crippen molar-refractivity contribution in [3.05, 3.63) is 36.5 Å². The summed E-state index contributed by atoms with van der Waals surface area (Å²) >= 11 is 0. The van der Waals surface area contributed by atoms with E-state index in [0.717, 1.165) is 32.1 Å². The van der Waals surface area contributed by atoms with Crippen molar-refractivity contribution in [2.24, 2.45) is 0 Å². The van der Waals surface area contributed by atoms with Crippen LogP contribution in [0.5, 0.6) is 0 Å². The van der Waals surface area contributed by atoms with Crippen LogP contribution in [-0.4, -0.2) is 11.7 Å². The van der Waals surface area contributed by atoms with E-state index < -0.39 is 0 Å². The van der Waals surface area contributed by atoms with Crippen molar-refractivity contribution in [3.8, 4) is 0 Å². The third kappa shape index (κ3) is 17.2. The third-order valence-electron chi connectivity index (χ3n) is 3.05. The fourth-order valence-electron chi connectivity index (χ4n) is 1.84. The van der Waals surface area contributed by atoms with Crippen LogP contribution in [0.25, 0.3) is 0 Å². The minimum Gasteiger partial charge on any atom is -0.396 e. The van der Waals surface area contributed by atoms with E-state index >= 15 is 0 Å². The number of unbranched alkanes of at least 4 members (excludes halogenated alkanes) is 6. The monoisotopic (exact) mass is 264 g/mol. The summed E-state index contributed by atoms with van der Waals surface area (Å²) in [4.78, 5) is 0. The van der Waals surface area contributed by atoms with Gasteiger partial charge in [-0.15, -0.1) is 0 Å². The predicted molar refractivity (Wildman–Crippen MR) is 86.3 cm³/mol. The van der Waals surface area contributed by atoms with Gasteiger partial charge in [-0.1, -0.05) is 62.6 Å². The van der Waals surface area contributed by atoms with Gasteiger partial charge in [0.05, 0.1) is 0 Å². The zero-order chi connectivity index (χ0) is 14.0. The molecule has 0 unspecified atom stereocenters. The molecule has 1 nitrogen and oxygen atoms in total. The molecule has 0 bridgehead atoms. The highest BCUT2D eigenvalue weighted by Gasteiger charge is 1.84. The minimum atomic E-state index is 0.332. The number of rotatable bonds is 13. The first-order valence-corrected chi connectivity index (χ1v) is 7.97. The summed E-state index contributed by atoms with van der Waals surface area (Å²) in [6.45, 7) is 2.57. The van der Waals surface area contributed by atoms with Gasteiger partial charge < -0.3 is 5.11 Å². The van der Waals surface area contributed by atoms with Gasteiger partial charge in [0.2, 0.25) is 0 Å². The molecule has 0 rings (SSSR count). The van der Waals surface area contributed by atoms with E-state index in [2.05, 4.69) is 43.4 Å². The van der Waals surface area contributed by atoms with Crippen LogP contribution in [0.2, 0.25) is 0 Å². The smallest absolute Gasteiger partial charge is 0.0431 e. The second-order valence-electron chi connectivity index (χ2n) is 4.95. The van der Waals surface area contributed by atoms with Crippen LogP contribution in [0, 0.1) is 0 Å². The normalized spacial score (nSPS) is 12.3. The van der Waals surface area contributed by atoms with Gasteiger partial charge >= 0.3 is 0 Å². The van der Waals surface area contributed by atoms with E-state index in [1.54, 1.807) is 0 Å². The van der Waals surface area contributed by atoms with Crippen LogP contribution < -0.4 is 0 Å².